The van der Waals surface area contributed by atoms with Gasteiger partial charge in [0.2, 0.25) is 0 Å². The third-order valence-electron chi connectivity index (χ3n) is 4.74. The standard InChI is InChI=1S/C22H23BrN4O2/c1-4-26(5-2)22(29)16-7-6-8-18(13-16)25-21(28)20-14-24-27(15(20)3)19-11-9-17(23)10-12-19/h6-14H,4-5H2,1-3H3,(H,25,28). The number of nitrogens with one attached hydrogen (secondary N) is 1. The number of hydrogen-bond acceptors (Lipinski definition) is 3. The van der Waals surface area contributed by atoms with Gasteiger partial charge in [0.25, 0.3) is 11.8 Å². The number of carbonyl (C=O) groups is 2. The van der Waals surface area contributed by atoms with Crippen LogP contribution in [0.2, 0.25) is 0 Å². The molecule has 0 spiro atoms. The van der Waals surface area contributed by atoms with Crippen molar-refractivity contribution in [3.05, 3.63) is 76.0 Å². The minimum atomic E-state index is -0.265. The van der Waals surface area contributed by atoms with Crippen LogP contribution in [-0.4, -0.2) is 39.6 Å². The quantitative estimate of drug-likeness (QED) is 0.587. The van der Waals surface area contributed by atoms with E-state index in [1.165, 1.54) is 0 Å². The Morgan fingerprint density at radius 1 is 1.10 bits per heavy atom. The summed E-state index contributed by atoms with van der Waals surface area (Å²) in [4.78, 5) is 27.1. The monoisotopic (exact) mass is 454 g/mol. The zero-order chi connectivity index (χ0) is 21.0. The van der Waals surface area contributed by atoms with Crippen LogP contribution in [0, 0.1) is 6.92 Å². The number of benzene rings is 2. The van der Waals surface area contributed by atoms with E-state index in [0.717, 1.165) is 15.9 Å². The number of rotatable bonds is 6. The molecule has 0 radical (unpaired) electrons. The van der Waals surface area contributed by atoms with Crippen molar-refractivity contribution in [1.82, 2.24) is 14.7 Å². The Bertz CT molecular complexity index is 1020. The lowest BCUT2D eigenvalue weighted by Gasteiger charge is -2.19. The Balaban J connectivity index is 1.80. The zero-order valence-corrected chi connectivity index (χ0v) is 18.2. The highest BCUT2D eigenvalue weighted by Gasteiger charge is 2.17. The molecule has 0 fully saturated rings. The largest absolute Gasteiger partial charge is 0.339 e. The van der Waals surface area contributed by atoms with E-state index < -0.39 is 0 Å². The Kier molecular flexibility index (Phi) is 6.49. The molecule has 0 atom stereocenters. The molecule has 0 aliphatic carbocycles. The number of aromatic nitrogens is 2. The molecule has 150 valence electrons. The first kappa shape index (κ1) is 20.8. The van der Waals surface area contributed by atoms with E-state index in [-0.39, 0.29) is 11.8 Å². The Morgan fingerprint density at radius 2 is 1.79 bits per heavy atom. The van der Waals surface area contributed by atoms with E-state index in [2.05, 4.69) is 26.3 Å². The van der Waals surface area contributed by atoms with E-state index >= 15 is 0 Å². The minimum absolute atomic E-state index is 0.0506. The van der Waals surface area contributed by atoms with Crippen LogP contribution >= 0.6 is 15.9 Å². The topological polar surface area (TPSA) is 67.2 Å². The highest BCUT2D eigenvalue weighted by molar-refractivity contribution is 9.10. The molecule has 0 saturated carbocycles. The summed E-state index contributed by atoms with van der Waals surface area (Å²) in [6.45, 7) is 7.02. The van der Waals surface area contributed by atoms with Crippen molar-refractivity contribution < 1.29 is 9.59 Å². The molecule has 3 rings (SSSR count). The van der Waals surface area contributed by atoms with Crippen LogP contribution in [0.1, 0.15) is 40.3 Å². The van der Waals surface area contributed by atoms with Crippen LogP contribution < -0.4 is 5.32 Å². The molecule has 0 saturated heterocycles. The van der Waals surface area contributed by atoms with E-state index in [9.17, 15) is 9.59 Å². The summed E-state index contributed by atoms with van der Waals surface area (Å²) in [5, 5.41) is 7.22. The van der Waals surface area contributed by atoms with Crippen molar-refractivity contribution in [1.29, 1.82) is 0 Å². The van der Waals surface area contributed by atoms with Crippen LogP contribution in [0.25, 0.3) is 5.69 Å². The molecule has 0 bridgehead atoms. The second-order valence-electron chi connectivity index (χ2n) is 6.54. The molecule has 1 aromatic heterocycles. The number of nitrogens with zero attached hydrogens (tertiary/aromatic N) is 3. The number of halogens is 1. The molecule has 0 aliphatic heterocycles. The molecule has 2 amide bonds. The summed E-state index contributed by atoms with van der Waals surface area (Å²) < 4.78 is 2.70. The van der Waals surface area contributed by atoms with Crippen molar-refractivity contribution in [3.63, 3.8) is 0 Å². The van der Waals surface area contributed by atoms with Crippen molar-refractivity contribution in [2.45, 2.75) is 20.8 Å². The summed E-state index contributed by atoms with van der Waals surface area (Å²) >= 11 is 3.42. The van der Waals surface area contributed by atoms with Crippen molar-refractivity contribution in [2.24, 2.45) is 0 Å². The van der Waals surface area contributed by atoms with Gasteiger partial charge in [0.05, 0.1) is 23.1 Å². The minimum Gasteiger partial charge on any atom is -0.339 e. The van der Waals surface area contributed by atoms with Gasteiger partial charge in [-0.3, -0.25) is 9.59 Å². The van der Waals surface area contributed by atoms with Gasteiger partial charge in [-0.1, -0.05) is 22.0 Å². The van der Waals surface area contributed by atoms with Crippen LogP contribution in [0.3, 0.4) is 0 Å². The maximum Gasteiger partial charge on any atom is 0.259 e. The van der Waals surface area contributed by atoms with Gasteiger partial charge in [-0.05, 0) is 63.2 Å². The fourth-order valence-electron chi connectivity index (χ4n) is 3.10. The van der Waals surface area contributed by atoms with Crippen LogP contribution in [0.15, 0.2) is 59.2 Å². The normalized spacial score (nSPS) is 10.6. The summed E-state index contributed by atoms with van der Waals surface area (Å²) in [5.41, 5.74) is 3.21. The molecule has 2 aromatic carbocycles. The van der Waals surface area contributed by atoms with Gasteiger partial charge in [0, 0.05) is 28.8 Å². The highest BCUT2D eigenvalue weighted by atomic mass is 79.9. The van der Waals surface area contributed by atoms with E-state index in [0.29, 0.717) is 29.9 Å². The third-order valence-corrected chi connectivity index (χ3v) is 5.27. The Labute approximate surface area is 178 Å². The summed E-state index contributed by atoms with van der Waals surface area (Å²) in [7, 11) is 0. The van der Waals surface area contributed by atoms with Crippen LogP contribution in [0.5, 0.6) is 0 Å². The number of hydrogen-bond donors (Lipinski definition) is 1. The summed E-state index contributed by atoms with van der Waals surface area (Å²) in [5.74, 6) is -0.316. The fraction of sp³-hybridized carbons (Fsp3) is 0.227. The maximum absolute atomic E-state index is 12.8. The van der Waals surface area contributed by atoms with Gasteiger partial charge in [-0.15, -0.1) is 0 Å². The lowest BCUT2D eigenvalue weighted by atomic mass is 10.1. The van der Waals surface area contributed by atoms with Gasteiger partial charge in [-0.2, -0.15) is 5.10 Å². The lowest BCUT2D eigenvalue weighted by Crippen LogP contribution is -2.30. The predicted molar refractivity (Wildman–Crippen MR) is 118 cm³/mol. The van der Waals surface area contributed by atoms with Gasteiger partial charge in [0.15, 0.2) is 0 Å². The molecule has 6 nitrogen and oxygen atoms in total. The van der Waals surface area contributed by atoms with Crippen LogP contribution in [0.4, 0.5) is 5.69 Å². The van der Waals surface area contributed by atoms with Crippen molar-refractivity contribution in [2.75, 3.05) is 18.4 Å². The highest BCUT2D eigenvalue weighted by Crippen LogP contribution is 2.19. The predicted octanol–water partition coefficient (Wildman–Crippen LogP) is 4.68. The van der Waals surface area contributed by atoms with Gasteiger partial charge in [0.1, 0.15) is 0 Å². The Morgan fingerprint density at radius 3 is 2.45 bits per heavy atom. The van der Waals surface area contributed by atoms with E-state index in [4.69, 9.17) is 0 Å². The fourth-order valence-corrected chi connectivity index (χ4v) is 3.36. The molecule has 1 heterocycles. The number of amides is 2. The zero-order valence-electron chi connectivity index (χ0n) is 16.6. The van der Waals surface area contributed by atoms with Gasteiger partial charge >= 0.3 is 0 Å². The van der Waals surface area contributed by atoms with Gasteiger partial charge < -0.3 is 10.2 Å². The molecule has 1 N–H and O–H groups in total. The lowest BCUT2D eigenvalue weighted by molar-refractivity contribution is 0.0772. The summed E-state index contributed by atoms with van der Waals surface area (Å²) in [6, 6.07) is 14.7. The number of anilines is 1. The molecule has 0 aliphatic rings. The third kappa shape index (κ3) is 4.56. The molecule has 0 unspecified atom stereocenters. The van der Waals surface area contributed by atoms with Crippen LogP contribution in [-0.2, 0) is 0 Å². The molecule has 29 heavy (non-hydrogen) atoms. The van der Waals surface area contributed by atoms with E-state index in [1.54, 1.807) is 40.0 Å². The smallest absolute Gasteiger partial charge is 0.259 e. The first-order valence-electron chi connectivity index (χ1n) is 9.45. The second kappa shape index (κ2) is 9.05. The maximum atomic E-state index is 12.8. The SMILES string of the molecule is CCN(CC)C(=O)c1cccc(NC(=O)c2cnn(-c3ccc(Br)cc3)c2C)c1. The number of carbonyl (C=O) groups excluding carboxylic acids is 2. The summed E-state index contributed by atoms with van der Waals surface area (Å²) in [6.07, 6.45) is 1.55. The Hall–Kier alpha value is -2.93. The van der Waals surface area contributed by atoms with Crippen molar-refractivity contribution >= 4 is 33.4 Å². The molecule has 7 heteroatoms. The molecular weight excluding hydrogens is 432 g/mol. The van der Waals surface area contributed by atoms with E-state index in [1.807, 2.05) is 45.0 Å². The molecule has 3 aromatic rings. The average Bonchev–Trinajstić information content (AvgIpc) is 3.11. The van der Waals surface area contributed by atoms with Gasteiger partial charge in [-0.25, -0.2) is 4.68 Å². The first-order valence-corrected chi connectivity index (χ1v) is 10.2. The first-order chi connectivity index (χ1) is 13.9. The average molecular weight is 455 g/mol. The van der Waals surface area contributed by atoms with Crippen molar-refractivity contribution in [3.8, 4) is 5.69 Å². The molecular formula is C22H23BrN4O2. The second-order valence-corrected chi connectivity index (χ2v) is 7.46.